The van der Waals surface area contributed by atoms with Crippen molar-refractivity contribution in [3.8, 4) is 0 Å². The van der Waals surface area contributed by atoms with Crippen LogP contribution in [0.25, 0.3) is 0 Å². The van der Waals surface area contributed by atoms with Crippen molar-refractivity contribution < 1.29 is 23.0 Å². The molecule has 178 valence electrons. The number of aliphatic hydroxyl groups is 1. The van der Waals surface area contributed by atoms with E-state index in [0.29, 0.717) is 42.2 Å². The normalized spacial score (nSPS) is 24.4. The van der Waals surface area contributed by atoms with E-state index in [4.69, 9.17) is 4.74 Å². The Morgan fingerprint density at radius 2 is 2.16 bits per heavy atom. The lowest BCUT2D eigenvalue weighted by atomic mass is 9.81. The van der Waals surface area contributed by atoms with Gasteiger partial charge in [-0.3, -0.25) is 9.58 Å². The number of hydrogen-bond acceptors (Lipinski definition) is 5. The molecule has 32 heavy (non-hydrogen) atoms. The van der Waals surface area contributed by atoms with Crippen LogP contribution < -0.4 is 0 Å². The molecule has 1 N–H and O–H groups in total. The van der Waals surface area contributed by atoms with Gasteiger partial charge in [-0.05, 0) is 44.1 Å². The van der Waals surface area contributed by atoms with E-state index in [1.165, 1.54) is 0 Å². The third-order valence-electron chi connectivity index (χ3n) is 6.74. The van der Waals surface area contributed by atoms with Crippen LogP contribution in [-0.2, 0) is 42.6 Å². The Morgan fingerprint density at radius 3 is 2.81 bits per heavy atom. The number of alkyl halides is 3. The molecule has 1 fully saturated rings. The van der Waals surface area contributed by atoms with Crippen LogP contribution in [0.2, 0.25) is 0 Å². The Balaban J connectivity index is 1.50. The fraction of sp³-hybridized carbons (Fsp3) is 0.696. The van der Waals surface area contributed by atoms with Crippen molar-refractivity contribution >= 4 is 11.3 Å². The van der Waals surface area contributed by atoms with Gasteiger partial charge in [0, 0.05) is 47.9 Å². The zero-order valence-corrected chi connectivity index (χ0v) is 19.7. The summed E-state index contributed by atoms with van der Waals surface area (Å²) < 4.78 is 49.0. The first-order valence-electron chi connectivity index (χ1n) is 11.4. The van der Waals surface area contributed by atoms with Gasteiger partial charge in [-0.2, -0.15) is 18.3 Å². The topological polar surface area (TPSA) is 50.5 Å². The average molecular weight is 472 g/mol. The monoisotopic (exact) mass is 471 g/mol. The van der Waals surface area contributed by atoms with Gasteiger partial charge in [0.2, 0.25) is 0 Å². The number of thiophene rings is 1. The van der Waals surface area contributed by atoms with Crippen LogP contribution in [0.5, 0.6) is 0 Å². The van der Waals surface area contributed by atoms with Crippen LogP contribution in [0.3, 0.4) is 0 Å². The Labute approximate surface area is 191 Å². The van der Waals surface area contributed by atoms with E-state index in [1.807, 2.05) is 10.9 Å². The molecule has 0 radical (unpaired) electrons. The van der Waals surface area contributed by atoms with E-state index < -0.39 is 23.3 Å². The summed E-state index contributed by atoms with van der Waals surface area (Å²) in [4.78, 5) is 2.37. The minimum Gasteiger partial charge on any atom is -0.392 e. The van der Waals surface area contributed by atoms with Crippen LogP contribution in [0.1, 0.15) is 66.5 Å². The number of fused-ring (bicyclic) bond motifs is 2. The number of rotatable bonds is 6. The van der Waals surface area contributed by atoms with Crippen molar-refractivity contribution in [3.63, 3.8) is 0 Å². The number of aliphatic hydroxyl groups excluding tert-OH is 1. The van der Waals surface area contributed by atoms with E-state index in [9.17, 15) is 18.3 Å². The summed E-state index contributed by atoms with van der Waals surface area (Å²) in [6.45, 7) is 8.74. The number of hydrogen-bond donors (Lipinski definition) is 1. The lowest BCUT2D eigenvalue weighted by Gasteiger charge is -2.47. The number of aromatic nitrogens is 2. The molecule has 1 saturated heterocycles. The van der Waals surface area contributed by atoms with Gasteiger partial charge in [0.1, 0.15) is 10.5 Å². The van der Waals surface area contributed by atoms with Crippen LogP contribution in [0.15, 0.2) is 12.4 Å². The second-order valence-electron chi connectivity index (χ2n) is 9.53. The van der Waals surface area contributed by atoms with E-state index in [0.717, 1.165) is 43.0 Å². The Hall–Kier alpha value is -1.42. The Bertz CT molecular complexity index is 940. The molecule has 0 bridgehead atoms. The largest absolute Gasteiger partial charge is 0.425 e. The summed E-state index contributed by atoms with van der Waals surface area (Å²) in [5, 5.41) is 14.2. The van der Waals surface area contributed by atoms with Gasteiger partial charge in [-0.15, -0.1) is 11.3 Å². The SMILES string of the molecule is CC(C)CCn1cc(CN2CC[C@]3(C[C@@H]2C)OCCc2c3sc(C(F)(F)F)c2CO)cn1. The molecule has 0 aliphatic carbocycles. The molecule has 2 aromatic heterocycles. The van der Waals surface area contributed by atoms with Crippen molar-refractivity contribution in [2.45, 2.75) is 84.0 Å². The molecule has 0 saturated carbocycles. The molecule has 0 amide bonds. The van der Waals surface area contributed by atoms with Crippen LogP contribution >= 0.6 is 11.3 Å². The first-order valence-corrected chi connectivity index (χ1v) is 12.2. The van der Waals surface area contributed by atoms with Crippen LogP contribution in [0, 0.1) is 5.92 Å². The van der Waals surface area contributed by atoms with Crippen molar-refractivity contribution in [1.82, 2.24) is 14.7 Å². The Kier molecular flexibility index (Phi) is 6.73. The predicted molar refractivity (Wildman–Crippen MR) is 117 cm³/mol. The van der Waals surface area contributed by atoms with Gasteiger partial charge in [-0.25, -0.2) is 0 Å². The standard InChI is InChI=1S/C23H32F3N3O2S/c1-15(2)4-7-29-13-17(11-27-29)12-28-8-6-22(10-16(28)3)20-18(5-9-31-22)19(14-30)21(32-20)23(24,25)26/h11,13,15-16,30H,4-10,12,14H2,1-3H3/t16-,22+/m0/s1. The number of halogens is 3. The van der Waals surface area contributed by atoms with Crippen LogP contribution in [-0.4, -0.2) is 39.0 Å². The zero-order valence-electron chi connectivity index (χ0n) is 18.9. The molecule has 4 heterocycles. The predicted octanol–water partition coefficient (Wildman–Crippen LogP) is 4.95. The molecule has 2 aliphatic heterocycles. The second-order valence-corrected chi connectivity index (χ2v) is 10.6. The van der Waals surface area contributed by atoms with Gasteiger partial charge in [-0.1, -0.05) is 13.8 Å². The zero-order chi connectivity index (χ0) is 23.1. The number of aryl methyl sites for hydroxylation is 1. The highest BCUT2D eigenvalue weighted by atomic mass is 32.1. The number of piperidine rings is 1. The molecule has 9 heteroatoms. The number of ether oxygens (including phenoxy) is 1. The van der Waals surface area contributed by atoms with Crippen molar-refractivity contribution in [3.05, 3.63) is 38.8 Å². The fourth-order valence-electron chi connectivity index (χ4n) is 5.00. The second kappa shape index (κ2) is 9.08. The molecule has 0 unspecified atom stereocenters. The lowest BCUT2D eigenvalue weighted by molar-refractivity contribution is -0.135. The van der Waals surface area contributed by atoms with Crippen molar-refractivity contribution in [2.75, 3.05) is 13.2 Å². The minimum absolute atomic E-state index is 0.0454. The average Bonchev–Trinajstić information content (AvgIpc) is 3.33. The molecule has 2 aliphatic rings. The fourth-order valence-corrected chi connectivity index (χ4v) is 6.41. The smallest absolute Gasteiger partial charge is 0.392 e. The van der Waals surface area contributed by atoms with Gasteiger partial charge in [0.15, 0.2) is 0 Å². The Morgan fingerprint density at radius 1 is 1.38 bits per heavy atom. The minimum atomic E-state index is -4.46. The van der Waals surface area contributed by atoms with Gasteiger partial charge < -0.3 is 9.84 Å². The van der Waals surface area contributed by atoms with Gasteiger partial charge in [0.05, 0.1) is 19.4 Å². The number of nitrogens with zero attached hydrogens (tertiary/aromatic N) is 3. The van der Waals surface area contributed by atoms with Crippen molar-refractivity contribution in [1.29, 1.82) is 0 Å². The van der Waals surface area contributed by atoms with Crippen molar-refractivity contribution in [2.24, 2.45) is 5.92 Å². The van der Waals surface area contributed by atoms with Gasteiger partial charge >= 0.3 is 6.18 Å². The highest BCUT2D eigenvalue weighted by Crippen LogP contribution is 2.51. The highest BCUT2D eigenvalue weighted by molar-refractivity contribution is 7.12. The van der Waals surface area contributed by atoms with Crippen LogP contribution in [0.4, 0.5) is 13.2 Å². The lowest BCUT2D eigenvalue weighted by Crippen LogP contribution is -2.50. The molecule has 2 atom stereocenters. The van der Waals surface area contributed by atoms with E-state index in [2.05, 4.69) is 37.0 Å². The summed E-state index contributed by atoms with van der Waals surface area (Å²) in [7, 11) is 0. The van der Waals surface area contributed by atoms with E-state index in [-0.39, 0.29) is 11.6 Å². The molecular weight excluding hydrogens is 439 g/mol. The first kappa shape index (κ1) is 23.7. The summed E-state index contributed by atoms with van der Waals surface area (Å²) >= 11 is 0.775. The summed E-state index contributed by atoms with van der Waals surface area (Å²) in [5.74, 6) is 0.628. The maximum Gasteiger partial charge on any atom is 0.425 e. The highest BCUT2D eigenvalue weighted by Gasteiger charge is 2.48. The summed E-state index contributed by atoms with van der Waals surface area (Å²) in [5.41, 5.74) is 1.16. The molecule has 5 nitrogen and oxygen atoms in total. The third-order valence-corrected chi connectivity index (χ3v) is 8.24. The summed E-state index contributed by atoms with van der Waals surface area (Å²) in [6, 6.07) is 0.155. The van der Waals surface area contributed by atoms with E-state index in [1.54, 1.807) is 0 Å². The number of likely N-dealkylation sites (tertiary alicyclic amines) is 1. The maximum absolute atomic E-state index is 13.6. The molecule has 2 aromatic rings. The molecular formula is C23H32F3N3O2S. The third kappa shape index (κ3) is 4.62. The quantitative estimate of drug-likeness (QED) is 0.648. The van der Waals surface area contributed by atoms with E-state index >= 15 is 0 Å². The maximum atomic E-state index is 13.6. The molecule has 4 rings (SSSR count). The molecule has 1 spiro atoms. The molecule has 0 aromatic carbocycles. The first-order chi connectivity index (χ1) is 15.1. The summed E-state index contributed by atoms with van der Waals surface area (Å²) in [6.07, 6.45) is 2.35. The van der Waals surface area contributed by atoms with Gasteiger partial charge in [0.25, 0.3) is 0 Å².